The molecule has 0 bridgehead atoms. The molecule has 0 amide bonds. The van der Waals surface area contributed by atoms with Crippen molar-refractivity contribution < 1.29 is 26.2 Å². The summed E-state index contributed by atoms with van der Waals surface area (Å²) in [5.41, 5.74) is 5.46. The first-order valence-electron chi connectivity index (χ1n) is 13.8. The largest absolute Gasteiger partial charge is 3.00 e. The van der Waals surface area contributed by atoms with Crippen molar-refractivity contribution in [3.63, 3.8) is 0 Å². The molecule has 4 aliphatic carbocycles. The Labute approximate surface area is 254 Å². The summed E-state index contributed by atoms with van der Waals surface area (Å²) in [7, 11) is 0.750. The summed E-state index contributed by atoms with van der Waals surface area (Å²) in [5.74, 6) is 1.77. The van der Waals surface area contributed by atoms with E-state index < -0.39 is 0 Å². The van der Waals surface area contributed by atoms with Gasteiger partial charge in [0.1, 0.15) is 0 Å². The molecule has 0 N–H and O–H groups in total. The van der Waals surface area contributed by atoms with Gasteiger partial charge in [-0.25, -0.2) is 36.1 Å². The van der Waals surface area contributed by atoms with E-state index in [2.05, 4.69) is 86.7 Å². The van der Waals surface area contributed by atoms with E-state index in [1.165, 1.54) is 44.1 Å². The molecule has 0 saturated heterocycles. The van der Waals surface area contributed by atoms with E-state index in [0.29, 0.717) is 0 Å². The van der Waals surface area contributed by atoms with Crippen LogP contribution in [0, 0.1) is 30.8 Å². The maximum Gasteiger partial charge on any atom is 3.00 e. The maximum absolute atomic E-state index is 3.20. The molecular weight excluding hydrogens is 552 g/mol. The van der Waals surface area contributed by atoms with E-state index in [0.717, 1.165) is 26.9 Å². The number of benzene rings is 2. The summed E-state index contributed by atoms with van der Waals surface area (Å²) in [5, 5.41) is 0. The molecule has 2 atom stereocenters. The predicted octanol–water partition coefficient (Wildman–Crippen LogP) is 9.60. The Balaban J connectivity index is 0.000000198. The first-order chi connectivity index (χ1) is 18.3. The molecule has 0 spiro atoms. The Morgan fingerprint density at radius 1 is 0.763 bits per heavy atom. The fourth-order valence-corrected chi connectivity index (χ4v) is 4.73. The molecule has 2 saturated carbocycles. The van der Waals surface area contributed by atoms with Gasteiger partial charge in [-0.05, 0) is 30.2 Å². The zero-order valence-electron chi connectivity index (χ0n) is 23.1. The van der Waals surface area contributed by atoms with Crippen molar-refractivity contribution in [2.24, 2.45) is 11.8 Å². The summed E-state index contributed by atoms with van der Waals surface area (Å²) >= 11 is 0. The first-order valence-corrected chi connectivity index (χ1v) is 16.1. The van der Waals surface area contributed by atoms with Crippen LogP contribution in [-0.4, -0.2) is 9.52 Å². The topological polar surface area (TPSA) is 0 Å². The number of rotatable bonds is 3. The van der Waals surface area contributed by atoms with Crippen LogP contribution in [0.4, 0.5) is 0 Å². The molecule has 2 heteroatoms. The van der Waals surface area contributed by atoms with Crippen molar-refractivity contribution in [1.82, 2.24) is 0 Å². The van der Waals surface area contributed by atoms with Crippen LogP contribution in [0.3, 0.4) is 0 Å². The third kappa shape index (κ3) is 12.1. The molecule has 6 rings (SSSR count). The molecule has 2 unspecified atom stereocenters. The second-order valence-electron chi connectivity index (χ2n) is 9.64. The van der Waals surface area contributed by atoms with Crippen molar-refractivity contribution in [2.75, 3.05) is 0 Å². The van der Waals surface area contributed by atoms with Gasteiger partial charge in [0.25, 0.3) is 0 Å². The Kier molecular flexibility index (Phi) is 16.6. The second-order valence-corrected chi connectivity index (χ2v) is 10.8. The third-order valence-corrected chi connectivity index (χ3v) is 6.63. The summed E-state index contributed by atoms with van der Waals surface area (Å²) in [6.45, 7) is 4.42. The minimum atomic E-state index is 0. The third-order valence-electron chi connectivity index (χ3n) is 6.63. The fourth-order valence-electron chi connectivity index (χ4n) is 4.73. The average Bonchev–Trinajstić information content (AvgIpc) is 3.63. The van der Waals surface area contributed by atoms with Crippen LogP contribution in [0.1, 0.15) is 49.7 Å². The molecule has 2 fully saturated rings. The van der Waals surface area contributed by atoms with Crippen molar-refractivity contribution in [2.45, 2.75) is 51.6 Å². The molecule has 2 aromatic rings. The van der Waals surface area contributed by atoms with Crippen molar-refractivity contribution in [3.8, 4) is 0 Å². The van der Waals surface area contributed by atoms with E-state index in [-0.39, 0.29) is 26.2 Å². The van der Waals surface area contributed by atoms with Gasteiger partial charge in [-0.15, -0.1) is 85.2 Å². The minimum absolute atomic E-state index is 0. The number of fused-ring (bicyclic) bond motifs is 2. The Bertz CT molecular complexity index is 985. The fraction of sp³-hybridized carbons (Fsp3) is 0.278. The molecule has 0 nitrogen and oxygen atoms in total. The molecule has 194 valence electrons. The van der Waals surface area contributed by atoms with E-state index in [4.69, 9.17) is 0 Å². The monoisotopic (exact) mass is 592 g/mol. The average molecular weight is 594 g/mol. The molecule has 38 heavy (non-hydrogen) atoms. The maximum atomic E-state index is 3.20. The number of allylic oxidation sites excluding steroid dienone is 10. The first kappa shape index (κ1) is 31.9. The summed E-state index contributed by atoms with van der Waals surface area (Å²) < 4.78 is 0. The Hall–Kier alpha value is -2.28. The van der Waals surface area contributed by atoms with Gasteiger partial charge in [-0.3, -0.25) is 0 Å². The van der Waals surface area contributed by atoms with Crippen LogP contribution in [0.25, 0.3) is 6.08 Å². The molecule has 0 aromatic heterocycles. The van der Waals surface area contributed by atoms with Crippen LogP contribution in [0.2, 0.25) is 13.1 Å². The van der Waals surface area contributed by atoms with Crippen LogP contribution in [-0.2, 0) is 26.2 Å². The molecule has 2 aromatic carbocycles. The van der Waals surface area contributed by atoms with Gasteiger partial charge in [0, 0.05) is 9.52 Å². The van der Waals surface area contributed by atoms with Gasteiger partial charge < -0.3 is 0 Å². The molecule has 4 aliphatic rings. The quantitative estimate of drug-likeness (QED) is 0.189. The van der Waals surface area contributed by atoms with Gasteiger partial charge in [0.2, 0.25) is 0 Å². The smallest absolute Gasteiger partial charge is 0.227 e. The molecule has 2 radical (unpaired) electrons. The van der Waals surface area contributed by atoms with Crippen LogP contribution in [0.15, 0.2) is 120 Å². The summed E-state index contributed by atoms with van der Waals surface area (Å²) in [6.07, 6.45) is 35.3. The predicted molar refractivity (Wildman–Crippen MR) is 165 cm³/mol. The van der Waals surface area contributed by atoms with Gasteiger partial charge in [0.15, 0.2) is 0 Å². The van der Waals surface area contributed by atoms with E-state index >= 15 is 0 Å². The minimum Gasteiger partial charge on any atom is -0.227 e. The van der Waals surface area contributed by atoms with E-state index in [1.807, 2.05) is 60.7 Å². The van der Waals surface area contributed by atoms with Gasteiger partial charge in [-0.2, -0.15) is 0 Å². The van der Waals surface area contributed by atoms with Crippen molar-refractivity contribution in [3.05, 3.63) is 150 Å². The second kappa shape index (κ2) is 19.7. The standard InChI is InChI=1S/C16H13.2C9H11.C2H7Si.Zr/c1-3-9-15(10-4-1)13-7-8-14-16-11-5-2-6-12-16;2*1-2-5-9-7-3-6-8(9)4-1;1-3-2;/h1-13H;2*1-2,4,6,9H,3,5,7H2;3H,1-2H3;/q3*-1;;+3. The number of hydrogen-bond acceptors (Lipinski definition) is 0. The Morgan fingerprint density at radius 2 is 1.26 bits per heavy atom. The van der Waals surface area contributed by atoms with E-state index in [9.17, 15) is 0 Å². The van der Waals surface area contributed by atoms with Crippen LogP contribution < -0.4 is 0 Å². The number of hydrogen-bond donors (Lipinski definition) is 0. The van der Waals surface area contributed by atoms with Crippen molar-refractivity contribution >= 4 is 15.6 Å². The Morgan fingerprint density at radius 3 is 1.76 bits per heavy atom. The van der Waals surface area contributed by atoms with Gasteiger partial charge >= 0.3 is 26.2 Å². The van der Waals surface area contributed by atoms with Gasteiger partial charge in [0.05, 0.1) is 0 Å². The SMILES string of the molecule is C1=CCC2CC[CH-]C2=C1.C1=CCC2CC[CH-]C2=C1.C[SiH]C.[C-](=CC=Cc1ccccc1)c1ccccc1.[Zr+3]. The van der Waals surface area contributed by atoms with Crippen molar-refractivity contribution in [1.29, 1.82) is 0 Å². The molecule has 0 aliphatic heterocycles. The zero-order chi connectivity index (χ0) is 26.0. The zero-order valence-corrected chi connectivity index (χ0v) is 26.7. The normalized spacial score (nSPS) is 19.9. The van der Waals surface area contributed by atoms with Crippen LogP contribution >= 0.6 is 0 Å². The van der Waals surface area contributed by atoms with Crippen LogP contribution in [0.5, 0.6) is 0 Å². The van der Waals surface area contributed by atoms with Gasteiger partial charge in [-0.1, -0.05) is 68.4 Å². The molecular formula is C36H42SiZr. The molecule has 0 heterocycles. The van der Waals surface area contributed by atoms with E-state index in [1.54, 1.807) is 11.1 Å². The summed E-state index contributed by atoms with van der Waals surface area (Å²) in [4.78, 5) is 0. The summed E-state index contributed by atoms with van der Waals surface area (Å²) in [6, 6.07) is 20.3.